The number of rotatable bonds is 7. The molecule has 0 aromatic heterocycles. The Kier molecular flexibility index (Phi) is 19.0. The Bertz CT molecular complexity index is 2540. The van der Waals surface area contributed by atoms with E-state index in [-0.39, 0.29) is 6.04 Å². The molecule has 0 heterocycles. The van der Waals surface area contributed by atoms with Crippen LogP contribution in [0.3, 0.4) is 0 Å². The molecule has 1 atom stereocenters. The number of hydrazone groups is 1. The third-order valence-electron chi connectivity index (χ3n) is 9.92. The Balaban J connectivity index is 0.000000226. The van der Waals surface area contributed by atoms with Crippen LogP contribution in [0.25, 0.3) is 33.0 Å². The second-order valence-corrected chi connectivity index (χ2v) is 14.3. The molecule has 4 heteroatoms. The third kappa shape index (κ3) is 13.5. The average molecular weight is 803 g/mol. The fourth-order valence-electron chi connectivity index (χ4n) is 6.69. The largest absolute Gasteiger partial charge is 0.355 e. The molecule has 0 bridgehead atoms. The lowest BCUT2D eigenvalue weighted by Crippen LogP contribution is -2.11. The van der Waals surface area contributed by atoms with Crippen LogP contribution < -0.4 is 16.9 Å². The van der Waals surface area contributed by atoms with Crippen LogP contribution in [0.15, 0.2) is 212 Å². The molecule has 0 saturated carbocycles. The monoisotopic (exact) mass is 802 g/mol. The SMILES string of the molecule is C/C(=N\N)c1ccccc1.C=CC.CC.Cc1ccc(C(N)c2ccccc2)cc1.Cc1ccccc1-c1cc(-c2c(Nc3ccccc3)ccc3ccccc23)ccc1C. The van der Waals surface area contributed by atoms with E-state index in [1.54, 1.807) is 6.08 Å². The molecule has 310 valence electrons. The van der Waals surface area contributed by atoms with Crippen molar-refractivity contribution in [1.29, 1.82) is 0 Å². The van der Waals surface area contributed by atoms with E-state index in [2.05, 4.69) is 177 Å². The molecule has 0 fully saturated rings. The van der Waals surface area contributed by atoms with Gasteiger partial charge in [0.15, 0.2) is 0 Å². The number of hydrogen-bond acceptors (Lipinski definition) is 4. The molecule has 0 aliphatic rings. The maximum atomic E-state index is 6.17. The molecule has 8 rings (SSSR count). The number of nitrogens with one attached hydrogen (secondary N) is 1. The first kappa shape index (κ1) is 46.7. The highest BCUT2D eigenvalue weighted by molar-refractivity contribution is 6.04. The summed E-state index contributed by atoms with van der Waals surface area (Å²) < 4.78 is 0. The van der Waals surface area contributed by atoms with E-state index in [1.165, 1.54) is 49.7 Å². The number of benzene rings is 8. The summed E-state index contributed by atoms with van der Waals surface area (Å²) in [6.07, 6.45) is 1.75. The van der Waals surface area contributed by atoms with Gasteiger partial charge in [-0.2, -0.15) is 5.10 Å². The van der Waals surface area contributed by atoms with Gasteiger partial charge in [0.2, 0.25) is 0 Å². The molecule has 8 aromatic carbocycles. The standard InChI is InChI=1S/C30H25N.C14H15N.C8H10N2.C3H6.C2H6/c1-21-10-6-8-14-26(21)28-20-24(17-16-22(28)2)30-27-15-9-7-11-23(27)18-19-29(30)31-25-12-4-3-5-13-25;1-11-7-9-13(10-8-11)14(15)12-5-3-2-4-6-12;1-7(10-9)8-5-3-2-4-6-8;1-3-2;1-2/h3-20,31H,1-2H3;2-10,14H,15H2,1H3;2-6H,9H2,1H3;3H,1H2,2H3;1-2H3/b;;10-7+;;. The number of nitrogens with zero attached hydrogens (tertiary/aromatic N) is 1. The second kappa shape index (κ2) is 24.8. The van der Waals surface area contributed by atoms with Gasteiger partial charge in [-0.15, -0.1) is 6.58 Å². The summed E-state index contributed by atoms with van der Waals surface area (Å²) in [6.45, 7) is 17.6. The molecule has 61 heavy (non-hydrogen) atoms. The molecule has 0 amide bonds. The second-order valence-electron chi connectivity index (χ2n) is 14.3. The molecular weight excluding hydrogens is 741 g/mol. The summed E-state index contributed by atoms with van der Waals surface area (Å²) in [4.78, 5) is 0. The fraction of sp³-hybridized carbons (Fsp3) is 0.140. The number of allylic oxidation sites excluding steroid dienone is 1. The molecule has 5 N–H and O–H groups in total. The number of hydrogen-bond donors (Lipinski definition) is 3. The van der Waals surface area contributed by atoms with E-state index in [1.807, 2.05) is 82.3 Å². The molecule has 0 aliphatic heterocycles. The predicted octanol–water partition coefficient (Wildman–Crippen LogP) is 15.2. The minimum Gasteiger partial charge on any atom is -0.355 e. The van der Waals surface area contributed by atoms with Crippen molar-refractivity contribution >= 4 is 27.9 Å². The molecule has 0 spiro atoms. The van der Waals surface area contributed by atoms with E-state index in [9.17, 15) is 0 Å². The van der Waals surface area contributed by atoms with E-state index in [0.29, 0.717) is 0 Å². The van der Waals surface area contributed by atoms with Gasteiger partial charge in [0.05, 0.1) is 11.8 Å². The molecule has 0 radical (unpaired) electrons. The Morgan fingerprint density at radius 2 is 1.11 bits per heavy atom. The molecular formula is C57H62N4. The maximum absolute atomic E-state index is 6.17. The number of para-hydroxylation sites is 1. The summed E-state index contributed by atoms with van der Waals surface area (Å²) in [5, 5.41) is 9.72. The highest BCUT2D eigenvalue weighted by atomic mass is 15.1. The van der Waals surface area contributed by atoms with Gasteiger partial charge in [-0.1, -0.05) is 195 Å². The van der Waals surface area contributed by atoms with Gasteiger partial charge in [-0.05, 0) is 114 Å². The van der Waals surface area contributed by atoms with Gasteiger partial charge in [0.1, 0.15) is 0 Å². The molecule has 8 aromatic rings. The van der Waals surface area contributed by atoms with Gasteiger partial charge < -0.3 is 16.9 Å². The van der Waals surface area contributed by atoms with Gasteiger partial charge in [0.25, 0.3) is 0 Å². The van der Waals surface area contributed by atoms with Crippen molar-refractivity contribution in [2.75, 3.05) is 5.32 Å². The average Bonchev–Trinajstić information content (AvgIpc) is 3.31. The zero-order valence-corrected chi connectivity index (χ0v) is 36.9. The van der Waals surface area contributed by atoms with Gasteiger partial charge in [-0.25, -0.2) is 0 Å². The first-order chi connectivity index (χ1) is 29.7. The van der Waals surface area contributed by atoms with Crippen molar-refractivity contribution in [2.45, 2.75) is 54.5 Å². The lowest BCUT2D eigenvalue weighted by molar-refractivity contribution is 0.871. The van der Waals surface area contributed by atoms with Gasteiger partial charge >= 0.3 is 0 Å². The molecule has 1 unspecified atom stereocenters. The number of nitrogens with two attached hydrogens (primary N) is 2. The summed E-state index contributed by atoms with van der Waals surface area (Å²) >= 11 is 0. The van der Waals surface area contributed by atoms with Crippen LogP contribution in [0.4, 0.5) is 11.4 Å². The Morgan fingerprint density at radius 3 is 1.74 bits per heavy atom. The van der Waals surface area contributed by atoms with Crippen molar-refractivity contribution in [3.8, 4) is 22.3 Å². The topological polar surface area (TPSA) is 76.4 Å². The zero-order valence-electron chi connectivity index (χ0n) is 36.9. The Hall–Kier alpha value is -7.01. The lowest BCUT2D eigenvalue weighted by Gasteiger charge is -2.18. The highest BCUT2D eigenvalue weighted by Crippen LogP contribution is 2.40. The highest BCUT2D eigenvalue weighted by Gasteiger charge is 2.14. The predicted molar refractivity (Wildman–Crippen MR) is 268 cm³/mol. The zero-order chi connectivity index (χ0) is 44.0. The normalized spacial score (nSPS) is 10.8. The van der Waals surface area contributed by atoms with Crippen LogP contribution in [0.1, 0.15) is 67.1 Å². The van der Waals surface area contributed by atoms with E-state index < -0.39 is 0 Å². The van der Waals surface area contributed by atoms with Crippen LogP contribution in [-0.2, 0) is 0 Å². The van der Waals surface area contributed by atoms with E-state index >= 15 is 0 Å². The first-order valence-electron chi connectivity index (χ1n) is 21.0. The summed E-state index contributed by atoms with van der Waals surface area (Å²) in [7, 11) is 0. The summed E-state index contributed by atoms with van der Waals surface area (Å²) in [5.74, 6) is 5.09. The molecule has 0 aliphatic carbocycles. The summed E-state index contributed by atoms with van der Waals surface area (Å²) in [5.41, 5.74) is 21.5. The van der Waals surface area contributed by atoms with Crippen LogP contribution in [-0.4, -0.2) is 5.71 Å². The quantitative estimate of drug-likeness (QED) is 0.0650. The number of anilines is 2. The first-order valence-corrected chi connectivity index (χ1v) is 21.0. The number of fused-ring (bicyclic) bond motifs is 1. The maximum Gasteiger partial charge on any atom is 0.0641 e. The lowest BCUT2D eigenvalue weighted by atomic mass is 9.90. The fourth-order valence-corrected chi connectivity index (χ4v) is 6.69. The van der Waals surface area contributed by atoms with Crippen molar-refractivity contribution < 1.29 is 0 Å². The van der Waals surface area contributed by atoms with E-state index in [4.69, 9.17) is 11.6 Å². The van der Waals surface area contributed by atoms with Crippen molar-refractivity contribution in [3.63, 3.8) is 0 Å². The van der Waals surface area contributed by atoms with Crippen LogP contribution in [0.5, 0.6) is 0 Å². The molecule has 4 nitrogen and oxygen atoms in total. The van der Waals surface area contributed by atoms with E-state index in [0.717, 1.165) is 33.8 Å². The van der Waals surface area contributed by atoms with Crippen LogP contribution >= 0.6 is 0 Å². The third-order valence-corrected chi connectivity index (χ3v) is 9.92. The van der Waals surface area contributed by atoms with Crippen LogP contribution in [0, 0.1) is 20.8 Å². The van der Waals surface area contributed by atoms with Crippen molar-refractivity contribution in [2.24, 2.45) is 16.7 Å². The van der Waals surface area contributed by atoms with Crippen molar-refractivity contribution in [1.82, 2.24) is 0 Å². The minimum atomic E-state index is -0.0215. The van der Waals surface area contributed by atoms with Crippen LogP contribution in [0.2, 0.25) is 0 Å². The number of aryl methyl sites for hydroxylation is 3. The van der Waals surface area contributed by atoms with Gasteiger partial charge in [-0.3, -0.25) is 0 Å². The molecule has 0 saturated heterocycles. The van der Waals surface area contributed by atoms with Crippen molar-refractivity contribution in [3.05, 3.63) is 240 Å². The Morgan fingerprint density at radius 1 is 0.590 bits per heavy atom. The minimum absolute atomic E-state index is 0.0215. The van der Waals surface area contributed by atoms with Gasteiger partial charge in [0, 0.05) is 16.9 Å². The summed E-state index contributed by atoms with van der Waals surface area (Å²) in [6, 6.07) is 67.2. The smallest absolute Gasteiger partial charge is 0.0641 e. The Labute approximate surface area is 365 Å².